The first-order valence-corrected chi connectivity index (χ1v) is 8.28. The molecular formula is C19H24N4O2. The maximum atomic E-state index is 12.0. The van der Waals surface area contributed by atoms with Crippen molar-refractivity contribution in [3.8, 4) is 0 Å². The molecular weight excluding hydrogens is 316 g/mol. The molecule has 2 atom stereocenters. The van der Waals surface area contributed by atoms with Crippen LogP contribution in [0.25, 0.3) is 0 Å². The van der Waals surface area contributed by atoms with Gasteiger partial charge in [0, 0.05) is 11.4 Å². The van der Waals surface area contributed by atoms with E-state index in [1.54, 1.807) is 12.1 Å². The van der Waals surface area contributed by atoms with Crippen molar-refractivity contribution >= 4 is 23.3 Å². The number of para-hydroxylation sites is 1. The Hall–Kier alpha value is -2.86. The number of carbonyl (C=O) groups is 2. The van der Waals surface area contributed by atoms with Crippen LogP contribution in [-0.4, -0.2) is 18.0 Å². The minimum absolute atomic E-state index is 0.155. The number of anilines is 2. The largest absolute Gasteiger partial charge is 0.348 e. The highest BCUT2D eigenvalue weighted by molar-refractivity contribution is 5.99. The van der Waals surface area contributed by atoms with Crippen molar-refractivity contribution in [1.82, 2.24) is 5.32 Å². The molecule has 5 N–H and O–H groups in total. The van der Waals surface area contributed by atoms with Crippen LogP contribution in [0, 0.1) is 0 Å². The van der Waals surface area contributed by atoms with Crippen molar-refractivity contribution < 1.29 is 9.59 Å². The molecule has 25 heavy (non-hydrogen) atoms. The molecule has 2 aromatic carbocycles. The molecule has 132 valence electrons. The van der Waals surface area contributed by atoms with Gasteiger partial charge < -0.3 is 21.7 Å². The molecule has 0 bridgehead atoms. The van der Waals surface area contributed by atoms with Gasteiger partial charge in [-0.2, -0.15) is 0 Å². The number of amides is 3. The minimum Gasteiger partial charge on any atom is -0.348 e. The normalized spacial score (nSPS) is 12.8. The quantitative estimate of drug-likeness (QED) is 0.650. The molecule has 0 spiro atoms. The van der Waals surface area contributed by atoms with Crippen LogP contribution in [0.3, 0.4) is 0 Å². The summed E-state index contributed by atoms with van der Waals surface area (Å²) in [6.07, 6.45) is 0.595. The zero-order chi connectivity index (χ0) is 18.2. The molecule has 6 nitrogen and oxygen atoms in total. The molecule has 2 rings (SSSR count). The van der Waals surface area contributed by atoms with E-state index in [9.17, 15) is 9.59 Å². The molecule has 0 saturated carbocycles. The Labute approximate surface area is 147 Å². The van der Waals surface area contributed by atoms with Crippen LogP contribution in [-0.2, 0) is 4.79 Å². The van der Waals surface area contributed by atoms with Crippen LogP contribution in [0.1, 0.15) is 31.9 Å². The SMILES string of the molecule is CC[C@H](N)C(=O)NC(C)c1ccc(NC(=O)Nc2ccccc2)cc1. The summed E-state index contributed by atoms with van der Waals surface area (Å²) >= 11 is 0. The van der Waals surface area contributed by atoms with Gasteiger partial charge in [-0.3, -0.25) is 4.79 Å². The molecule has 0 aromatic heterocycles. The predicted molar refractivity (Wildman–Crippen MR) is 100 cm³/mol. The molecule has 0 aliphatic carbocycles. The summed E-state index contributed by atoms with van der Waals surface area (Å²) < 4.78 is 0. The zero-order valence-electron chi connectivity index (χ0n) is 14.5. The molecule has 1 unspecified atom stereocenters. The standard InChI is InChI=1S/C19H24N4O2/c1-3-17(20)18(24)21-13(2)14-9-11-16(12-10-14)23-19(25)22-15-7-5-4-6-8-15/h4-13,17H,3,20H2,1-2H3,(H,21,24)(H2,22,23,25)/t13?,17-/m0/s1. The van der Waals surface area contributed by atoms with Gasteiger partial charge in [-0.15, -0.1) is 0 Å². The first-order chi connectivity index (χ1) is 12.0. The Balaban J connectivity index is 1.90. The third-order valence-corrected chi connectivity index (χ3v) is 3.84. The number of hydrogen-bond acceptors (Lipinski definition) is 3. The van der Waals surface area contributed by atoms with E-state index in [4.69, 9.17) is 5.73 Å². The number of nitrogens with one attached hydrogen (secondary N) is 3. The van der Waals surface area contributed by atoms with E-state index in [2.05, 4.69) is 16.0 Å². The van der Waals surface area contributed by atoms with Crippen LogP contribution in [0.4, 0.5) is 16.2 Å². The summed E-state index contributed by atoms with van der Waals surface area (Å²) in [5.74, 6) is -0.167. The molecule has 0 aliphatic rings. The molecule has 3 amide bonds. The van der Waals surface area contributed by atoms with Crippen molar-refractivity contribution in [3.05, 3.63) is 60.2 Å². The third kappa shape index (κ3) is 5.61. The summed E-state index contributed by atoms with van der Waals surface area (Å²) in [5, 5.41) is 8.40. The number of carbonyl (C=O) groups excluding carboxylic acids is 2. The Morgan fingerprint density at radius 1 is 0.960 bits per heavy atom. The van der Waals surface area contributed by atoms with Gasteiger partial charge in [-0.05, 0) is 43.2 Å². The van der Waals surface area contributed by atoms with Gasteiger partial charge in [0.2, 0.25) is 5.91 Å². The average molecular weight is 340 g/mol. The van der Waals surface area contributed by atoms with E-state index in [-0.39, 0.29) is 18.0 Å². The van der Waals surface area contributed by atoms with E-state index in [1.807, 2.05) is 56.3 Å². The third-order valence-electron chi connectivity index (χ3n) is 3.84. The Morgan fingerprint density at radius 3 is 2.08 bits per heavy atom. The second kappa shape index (κ2) is 8.84. The second-order valence-electron chi connectivity index (χ2n) is 5.81. The maximum Gasteiger partial charge on any atom is 0.323 e. The molecule has 0 saturated heterocycles. The number of hydrogen-bond donors (Lipinski definition) is 4. The molecule has 6 heteroatoms. The van der Waals surface area contributed by atoms with Crippen LogP contribution in [0.5, 0.6) is 0 Å². The van der Waals surface area contributed by atoms with Crippen LogP contribution >= 0.6 is 0 Å². The fourth-order valence-corrected chi connectivity index (χ4v) is 2.26. The lowest BCUT2D eigenvalue weighted by Crippen LogP contribution is -2.41. The molecule has 0 fully saturated rings. The van der Waals surface area contributed by atoms with Crippen molar-refractivity contribution in [2.24, 2.45) is 5.73 Å². The Morgan fingerprint density at radius 2 is 1.52 bits per heavy atom. The fourth-order valence-electron chi connectivity index (χ4n) is 2.26. The summed E-state index contributed by atoms with van der Waals surface area (Å²) in [4.78, 5) is 23.8. The first-order valence-electron chi connectivity index (χ1n) is 8.28. The number of rotatable bonds is 6. The topological polar surface area (TPSA) is 96.2 Å². The Kier molecular flexibility index (Phi) is 6.54. The van der Waals surface area contributed by atoms with Crippen molar-refractivity contribution in [2.75, 3.05) is 10.6 Å². The van der Waals surface area contributed by atoms with E-state index >= 15 is 0 Å². The number of benzene rings is 2. The van der Waals surface area contributed by atoms with Gasteiger partial charge in [0.1, 0.15) is 0 Å². The molecule has 0 radical (unpaired) electrons. The lowest BCUT2D eigenvalue weighted by atomic mass is 10.1. The van der Waals surface area contributed by atoms with E-state index < -0.39 is 6.04 Å². The lowest BCUT2D eigenvalue weighted by Gasteiger charge is -2.17. The minimum atomic E-state index is -0.495. The van der Waals surface area contributed by atoms with E-state index in [0.717, 1.165) is 11.3 Å². The van der Waals surface area contributed by atoms with E-state index in [1.165, 1.54) is 0 Å². The first kappa shape index (κ1) is 18.5. The van der Waals surface area contributed by atoms with Crippen molar-refractivity contribution in [2.45, 2.75) is 32.4 Å². The fraction of sp³-hybridized carbons (Fsp3) is 0.263. The van der Waals surface area contributed by atoms with Crippen LogP contribution in [0.2, 0.25) is 0 Å². The van der Waals surface area contributed by atoms with Gasteiger partial charge in [0.15, 0.2) is 0 Å². The smallest absolute Gasteiger partial charge is 0.323 e. The van der Waals surface area contributed by atoms with E-state index in [0.29, 0.717) is 12.1 Å². The van der Waals surface area contributed by atoms with Gasteiger partial charge >= 0.3 is 6.03 Å². The summed E-state index contributed by atoms with van der Waals surface area (Å²) in [6.45, 7) is 3.76. The van der Waals surface area contributed by atoms with Gasteiger partial charge in [-0.1, -0.05) is 37.3 Å². The maximum absolute atomic E-state index is 12.0. The number of urea groups is 1. The molecule has 0 aliphatic heterocycles. The zero-order valence-corrected chi connectivity index (χ0v) is 14.5. The van der Waals surface area contributed by atoms with Crippen LogP contribution < -0.4 is 21.7 Å². The van der Waals surface area contributed by atoms with Crippen LogP contribution in [0.15, 0.2) is 54.6 Å². The average Bonchev–Trinajstić information content (AvgIpc) is 2.62. The van der Waals surface area contributed by atoms with Crippen molar-refractivity contribution in [3.63, 3.8) is 0 Å². The highest BCUT2D eigenvalue weighted by Gasteiger charge is 2.14. The van der Waals surface area contributed by atoms with Gasteiger partial charge in [-0.25, -0.2) is 4.79 Å². The molecule has 2 aromatic rings. The van der Waals surface area contributed by atoms with Gasteiger partial charge in [0.25, 0.3) is 0 Å². The summed E-state index contributed by atoms with van der Waals surface area (Å²) in [7, 11) is 0. The lowest BCUT2D eigenvalue weighted by molar-refractivity contribution is -0.123. The summed E-state index contributed by atoms with van der Waals surface area (Å²) in [6, 6.07) is 15.6. The Bertz CT molecular complexity index is 701. The summed E-state index contributed by atoms with van der Waals surface area (Å²) in [5.41, 5.74) is 8.04. The predicted octanol–water partition coefficient (Wildman–Crippen LogP) is 3.25. The number of nitrogens with two attached hydrogens (primary N) is 1. The monoisotopic (exact) mass is 340 g/mol. The highest BCUT2D eigenvalue weighted by atomic mass is 16.2. The second-order valence-corrected chi connectivity index (χ2v) is 5.81. The van der Waals surface area contributed by atoms with Crippen molar-refractivity contribution in [1.29, 1.82) is 0 Å². The van der Waals surface area contributed by atoms with Gasteiger partial charge in [0.05, 0.1) is 12.1 Å². The highest BCUT2D eigenvalue weighted by Crippen LogP contribution is 2.16. The molecule has 0 heterocycles.